The van der Waals surface area contributed by atoms with E-state index in [0.29, 0.717) is 34.8 Å². The van der Waals surface area contributed by atoms with E-state index in [-0.39, 0.29) is 17.9 Å². The Bertz CT molecular complexity index is 1560. The number of anilines is 2. The molecule has 1 unspecified atom stereocenters. The molecule has 0 saturated carbocycles. The average Bonchev–Trinajstić information content (AvgIpc) is 3.31. The molecule has 1 aliphatic carbocycles. The van der Waals surface area contributed by atoms with Crippen molar-refractivity contribution in [2.75, 3.05) is 11.1 Å². The van der Waals surface area contributed by atoms with Gasteiger partial charge in [0.2, 0.25) is 0 Å². The number of nitrogens with one attached hydrogen (secondary N) is 2. The number of imidazole rings is 1. The zero-order chi connectivity index (χ0) is 25.8. The minimum atomic E-state index is -0.289. The van der Waals surface area contributed by atoms with Crippen molar-refractivity contribution in [3.63, 3.8) is 0 Å². The van der Waals surface area contributed by atoms with E-state index in [0.717, 1.165) is 29.8 Å². The molecule has 10 nitrogen and oxygen atoms in total. The minimum Gasteiger partial charge on any atom is -0.382 e. The van der Waals surface area contributed by atoms with Crippen molar-refractivity contribution >= 4 is 34.5 Å². The number of allylic oxidation sites excluding steroid dienone is 1. The summed E-state index contributed by atoms with van der Waals surface area (Å²) >= 11 is 0. The van der Waals surface area contributed by atoms with Crippen LogP contribution in [0.4, 0.5) is 11.6 Å². The lowest BCUT2D eigenvalue weighted by Gasteiger charge is -2.21. The van der Waals surface area contributed by atoms with Gasteiger partial charge in [0, 0.05) is 35.8 Å². The second-order valence-electron chi connectivity index (χ2n) is 8.50. The predicted molar refractivity (Wildman–Crippen MR) is 140 cm³/mol. The first-order valence-corrected chi connectivity index (χ1v) is 11.8. The monoisotopic (exact) mass is 492 g/mol. The molecule has 1 aliphatic rings. The molecule has 1 atom stereocenters. The Balaban J connectivity index is 1.42. The van der Waals surface area contributed by atoms with Crippen LogP contribution >= 0.6 is 0 Å². The number of aromatic nitrogens is 5. The van der Waals surface area contributed by atoms with E-state index in [2.05, 4.69) is 43.7 Å². The molecule has 0 fully saturated rings. The van der Waals surface area contributed by atoms with Crippen LogP contribution in [0.5, 0.6) is 0 Å². The van der Waals surface area contributed by atoms with Crippen LogP contribution in [0.25, 0.3) is 22.3 Å². The lowest BCUT2D eigenvalue weighted by molar-refractivity contribution is -0.116. The normalized spacial score (nSPS) is 14.8. The van der Waals surface area contributed by atoms with Gasteiger partial charge in [-0.3, -0.25) is 14.0 Å². The van der Waals surface area contributed by atoms with Gasteiger partial charge in [0.25, 0.3) is 11.8 Å². The van der Waals surface area contributed by atoms with Crippen molar-refractivity contribution in [2.24, 2.45) is 0 Å². The number of nitrogens with zero attached hydrogens (tertiary/aromatic N) is 5. The second-order valence-corrected chi connectivity index (χ2v) is 8.50. The number of amides is 2. The number of rotatable bonds is 5. The molecule has 3 aromatic heterocycles. The Labute approximate surface area is 213 Å². The van der Waals surface area contributed by atoms with Crippen molar-refractivity contribution in [1.29, 1.82) is 0 Å². The van der Waals surface area contributed by atoms with Gasteiger partial charge in [-0.05, 0) is 61.9 Å². The molecule has 10 heteroatoms. The van der Waals surface area contributed by atoms with Gasteiger partial charge in [-0.15, -0.1) is 5.10 Å². The van der Waals surface area contributed by atoms with E-state index in [1.165, 1.54) is 6.20 Å². The molecule has 2 amide bonds. The third-order valence-electron chi connectivity index (χ3n) is 6.09. The summed E-state index contributed by atoms with van der Waals surface area (Å²) in [4.78, 5) is 33.6. The third-order valence-corrected chi connectivity index (χ3v) is 6.09. The standard InChI is InChI=1S/C27H24N8O2/c1-2-4-22(36)31-20-12-10-18(11-13-20)26-33-23(24-25(28)29-15-16-35(24)26)17-6-8-19(9-7-17)27(37)32-21-5-3-14-30-34-21/h3,5-10,14-16,20H,11-13H2,1H3,(H2,28,29)(H,31,36)(H,32,34,37). The van der Waals surface area contributed by atoms with Gasteiger partial charge >= 0.3 is 0 Å². The maximum absolute atomic E-state index is 12.6. The molecule has 0 aliphatic heterocycles. The van der Waals surface area contributed by atoms with Crippen LogP contribution in [0, 0.1) is 11.8 Å². The molecule has 0 bridgehead atoms. The van der Waals surface area contributed by atoms with Gasteiger partial charge in [-0.1, -0.05) is 24.1 Å². The summed E-state index contributed by atoms with van der Waals surface area (Å²) in [6.07, 6.45) is 9.33. The van der Waals surface area contributed by atoms with Crippen LogP contribution in [0.3, 0.4) is 0 Å². The first-order valence-electron chi connectivity index (χ1n) is 11.8. The Morgan fingerprint density at radius 1 is 1.16 bits per heavy atom. The van der Waals surface area contributed by atoms with E-state index < -0.39 is 0 Å². The molecule has 0 radical (unpaired) electrons. The van der Waals surface area contributed by atoms with Gasteiger partial charge in [0.05, 0.1) is 0 Å². The molecular formula is C27H24N8O2. The highest BCUT2D eigenvalue weighted by atomic mass is 16.2. The molecule has 37 heavy (non-hydrogen) atoms. The molecule has 0 spiro atoms. The fourth-order valence-corrected chi connectivity index (χ4v) is 4.33. The average molecular weight is 493 g/mol. The zero-order valence-corrected chi connectivity index (χ0v) is 20.1. The molecule has 4 aromatic rings. The summed E-state index contributed by atoms with van der Waals surface area (Å²) in [6, 6.07) is 10.5. The van der Waals surface area contributed by atoms with Crippen LogP contribution in [0.15, 0.2) is 61.1 Å². The number of fused-ring (bicyclic) bond motifs is 1. The number of nitrogen functional groups attached to an aromatic ring is 1. The second kappa shape index (κ2) is 10.3. The number of hydrogen-bond acceptors (Lipinski definition) is 7. The lowest BCUT2D eigenvalue weighted by Crippen LogP contribution is -2.34. The topological polar surface area (TPSA) is 140 Å². The van der Waals surface area contributed by atoms with Gasteiger partial charge in [0.1, 0.15) is 22.9 Å². The first-order chi connectivity index (χ1) is 18.0. The third kappa shape index (κ3) is 5.01. The van der Waals surface area contributed by atoms with Crippen molar-refractivity contribution in [3.8, 4) is 23.1 Å². The maximum Gasteiger partial charge on any atom is 0.296 e. The Morgan fingerprint density at radius 3 is 2.70 bits per heavy atom. The van der Waals surface area contributed by atoms with E-state index in [4.69, 9.17) is 10.7 Å². The van der Waals surface area contributed by atoms with E-state index in [1.54, 1.807) is 37.4 Å². The zero-order valence-electron chi connectivity index (χ0n) is 20.1. The molecule has 4 N–H and O–H groups in total. The quantitative estimate of drug-likeness (QED) is 0.364. The number of benzene rings is 1. The Hall–Kier alpha value is -5.04. The Kier molecular flexibility index (Phi) is 6.59. The van der Waals surface area contributed by atoms with Gasteiger partial charge in [-0.25, -0.2) is 9.97 Å². The van der Waals surface area contributed by atoms with E-state index in [1.807, 2.05) is 22.7 Å². The summed E-state index contributed by atoms with van der Waals surface area (Å²) in [5, 5.41) is 13.3. The number of carbonyl (C=O) groups excluding carboxylic acids is 2. The summed E-state index contributed by atoms with van der Waals surface area (Å²) < 4.78 is 1.94. The van der Waals surface area contributed by atoms with Gasteiger partial charge in [-0.2, -0.15) is 5.10 Å². The first kappa shape index (κ1) is 23.7. The largest absolute Gasteiger partial charge is 0.382 e. The van der Waals surface area contributed by atoms with Gasteiger partial charge in [0.15, 0.2) is 5.82 Å². The van der Waals surface area contributed by atoms with Crippen LogP contribution in [-0.4, -0.2) is 42.4 Å². The fraction of sp³-hybridized carbons (Fsp3) is 0.185. The van der Waals surface area contributed by atoms with E-state index >= 15 is 0 Å². The highest BCUT2D eigenvalue weighted by Crippen LogP contribution is 2.33. The smallest absolute Gasteiger partial charge is 0.296 e. The van der Waals surface area contributed by atoms with Crippen LogP contribution in [-0.2, 0) is 4.79 Å². The van der Waals surface area contributed by atoms with Crippen molar-refractivity contribution in [3.05, 3.63) is 72.5 Å². The lowest BCUT2D eigenvalue weighted by atomic mass is 9.94. The SMILES string of the molecule is CC#CC(=O)NC1CC=C(c2nc(-c3ccc(C(=O)Nc4cccnn4)cc3)c3c(N)nccn23)CC1. The van der Waals surface area contributed by atoms with Gasteiger partial charge < -0.3 is 16.4 Å². The van der Waals surface area contributed by atoms with E-state index in [9.17, 15) is 9.59 Å². The molecule has 1 aromatic carbocycles. The molecule has 5 rings (SSSR count). The van der Waals surface area contributed by atoms with Crippen LogP contribution in [0.2, 0.25) is 0 Å². The molecule has 0 saturated heterocycles. The Morgan fingerprint density at radius 2 is 2.00 bits per heavy atom. The fourth-order valence-electron chi connectivity index (χ4n) is 4.33. The summed E-state index contributed by atoms with van der Waals surface area (Å²) in [6.45, 7) is 1.64. The summed E-state index contributed by atoms with van der Waals surface area (Å²) in [5.41, 5.74) is 10.00. The van der Waals surface area contributed by atoms with Crippen molar-refractivity contribution < 1.29 is 9.59 Å². The predicted octanol–water partition coefficient (Wildman–Crippen LogP) is 3.10. The number of carbonyl (C=O) groups is 2. The number of hydrogen-bond donors (Lipinski definition) is 3. The van der Waals surface area contributed by atoms with Crippen LogP contribution in [0.1, 0.15) is 42.4 Å². The highest BCUT2D eigenvalue weighted by Gasteiger charge is 2.23. The summed E-state index contributed by atoms with van der Waals surface area (Å²) in [5.74, 6) is 6.11. The molecule has 184 valence electrons. The number of nitrogens with two attached hydrogens (primary N) is 1. The minimum absolute atomic E-state index is 0.0371. The van der Waals surface area contributed by atoms with Crippen LogP contribution < -0.4 is 16.4 Å². The van der Waals surface area contributed by atoms with Crippen molar-refractivity contribution in [2.45, 2.75) is 32.2 Å². The highest BCUT2D eigenvalue weighted by molar-refractivity contribution is 6.04. The maximum atomic E-state index is 12.6. The molecular weight excluding hydrogens is 468 g/mol. The molecule has 3 heterocycles. The van der Waals surface area contributed by atoms with Crippen molar-refractivity contribution in [1.82, 2.24) is 29.9 Å². The summed E-state index contributed by atoms with van der Waals surface area (Å²) in [7, 11) is 0.